The van der Waals surface area contributed by atoms with Crippen molar-refractivity contribution in [1.29, 1.82) is 5.26 Å². The maximum atomic E-state index is 14.2. The fourth-order valence-electron chi connectivity index (χ4n) is 4.78. The molecular formula is C29H30FN5O2. The molecule has 0 N–H and O–H groups in total. The van der Waals surface area contributed by atoms with Gasteiger partial charge in [0.15, 0.2) is 0 Å². The van der Waals surface area contributed by atoms with Crippen molar-refractivity contribution in [2.24, 2.45) is 7.05 Å². The van der Waals surface area contributed by atoms with E-state index in [4.69, 9.17) is 22.5 Å². The highest BCUT2D eigenvalue weighted by Crippen LogP contribution is 2.30. The lowest BCUT2D eigenvalue weighted by molar-refractivity contribution is 0.197. The van der Waals surface area contributed by atoms with E-state index >= 15 is 0 Å². The first kappa shape index (κ1) is 22.3. The molecule has 2 aromatic heterocycles. The maximum absolute atomic E-state index is 14.2. The molecule has 1 fully saturated rings. The van der Waals surface area contributed by atoms with Gasteiger partial charge in [0, 0.05) is 30.3 Å². The number of piperidine rings is 1. The molecule has 7 nitrogen and oxygen atoms in total. The van der Waals surface area contributed by atoms with E-state index in [-0.39, 0.29) is 12.2 Å². The first-order chi connectivity index (χ1) is 18.7. The number of halogens is 1. The molecule has 2 aromatic carbocycles. The Morgan fingerprint density at radius 1 is 1.11 bits per heavy atom. The monoisotopic (exact) mass is 501 g/mol. The second-order valence-corrected chi connectivity index (χ2v) is 9.17. The lowest BCUT2D eigenvalue weighted by Gasteiger charge is -2.31. The molecule has 0 amide bonds. The van der Waals surface area contributed by atoms with Crippen LogP contribution in [-0.4, -0.2) is 39.1 Å². The summed E-state index contributed by atoms with van der Waals surface area (Å²) in [6.45, 7) is 2.09. The minimum absolute atomic E-state index is 0.0417. The van der Waals surface area contributed by atoms with Crippen LogP contribution in [0, 0.1) is 17.1 Å². The van der Waals surface area contributed by atoms with Gasteiger partial charge in [-0.3, -0.25) is 4.90 Å². The molecule has 4 aromatic rings. The topological polar surface area (TPSA) is 76.2 Å². The molecule has 190 valence electrons. The molecule has 3 heterocycles. The van der Waals surface area contributed by atoms with Gasteiger partial charge in [0.25, 0.3) is 0 Å². The predicted molar refractivity (Wildman–Crippen MR) is 139 cm³/mol. The maximum Gasteiger partial charge on any atom is 0.213 e. The third kappa shape index (κ3) is 5.42. The van der Waals surface area contributed by atoms with Crippen LogP contribution in [0.1, 0.15) is 51.1 Å². The number of nitrogens with zero attached hydrogens (tertiary/aromatic N) is 5. The van der Waals surface area contributed by atoms with Crippen LogP contribution in [0.25, 0.3) is 11.0 Å². The van der Waals surface area contributed by atoms with E-state index in [2.05, 4.69) is 9.88 Å². The Balaban J connectivity index is 1.20. The molecular weight excluding hydrogens is 469 g/mol. The first-order valence-electron chi connectivity index (χ1n) is 13.3. The quantitative estimate of drug-likeness (QED) is 0.325. The Morgan fingerprint density at radius 3 is 2.68 bits per heavy atom. The van der Waals surface area contributed by atoms with Gasteiger partial charge in [-0.1, -0.05) is 18.2 Å². The Hall–Kier alpha value is -3.96. The van der Waals surface area contributed by atoms with Crippen LogP contribution in [-0.2, 0) is 20.2 Å². The zero-order valence-corrected chi connectivity index (χ0v) is 20.9. The van der Waals surface area contributed by atoms with Crippen molar-refractivity contribution in [3.8, 4) is 17.7 Å². The summed E-state index contributed by atoms with van der Waals surface area (Å²) >= 11 is 0. The summed E-state index contributed by atoms with van der Waals surface area (Å²) in [5.41, 5.74) is 3.19. The van der Waals surface area contributed by atoms with Crippen LogP contribution < -0.4 is 9.47 Å². The minimum atomic E-state index is -1.79. The van der Waals surface area contributed by atoms with Gasteiger partial charge >= 0.3 is 0 Å². The number of imidazole rings is 1. The summed E-state index contributed by atoms with van der Waals surface area (Å²) in [6.07, 6.45) is 1.88. The predicted octanol–water partition coefficient (Wildman–Crippen LogP) is 5.34. The van der Waals surface area contributed by atoms with E-state index in [0.717, 1.165) is 43.0 Å². The highest BCUT2D eigenvalue weighted by atomic mass is 19.1. The van der Waals surface area contributed by atoms with Crippen molar-refractivity contribution >= 4 is 11.0 Å². The van der Waals surface area contributed by atoms with Crippen LogP contribution >= 0.6 is 0 Å². The van der Waals surface area contributed by atoms with Crippen molar-refractivity contribution in [1.82, 2.24) is 19.4 Å². The van der Waals surface area contributed by atoms with Crippen LogP contribution in [0.3, 0.4) is 0 Å². The highest BCUT2D eigenvalue weighted by Gasteiger charge is 2.24. The van der Waals surface area contributed by atoms with Crippen LogP contribution in [0.2, 0.25) is 0 Å². The van der Waals surface area contributed by atoms with E-state index in [9.17, 15) is 4.39 Å². The molecule has 0 saturated carbocycles. The second kappa shape index (κ2) is 11.0. The molecule has 0 spiro atoms. The zero-order chi connectivity index (χ0) is 27.6. The molecule has 1 aliphatic heterocycles. The van der Waals surface area contributed by atoms with Crippen molar-refractivity contribution in [2.45, 2.75) is 38.8 Å². The normalized spacial score (nSPS) is 15.7. The zero-order valence-electron chi connectivity index (χ0n) is 22.9. The van der Waals surface area contributed by atoms with Crippen molar-refractivity contribution in [3.05, 3.63) is 83.1 Å². The van der Waals surface area contributed by atoms with E-state index < -0.39 is 12.4 Å². The SMILES string of the molecule is [2H]C([2H])(C)Oc1cccc2c1nc(CN1CCC(c3cccc(OCc4ccc(C#N)cc4F)n3)CC1)n2C. The molecule has 0 unspecified atom stereocenters. The Bertz CT molecular complexity index is 1520. The smallest absolute Gasteiger partial charge is 0.213 e. The average molecular weight is 502 g/mol. The van der Waals surface area contributed by atoms with E-state index in [1.165, 1.54) is 13.0 Å². The summed E-state index contributed by atoms with van der Waals surface area (Å²) in [5, 5.41) is 8.91. The van der Waals surface area contributed by atoms with Gasteiger partial charge in [0.1, 0.15) is 29.5 Å². The molecule has 1 aliphatic rings. The molecule has 0 aliphatic carbocycles. The minimum Gasteiger partial charge on any atom is -0.492 e. The molecule has 8 heteroatoms. The summed E-state index contributed by atoms with van der Waals surface area (Å²) in [5.74, 6) is 1.63. The Morgan fingerprint density at radius 2 is 1.92 bits per heavy atom. The largest absolute Gasteiger partial charge is 0.492 e. The number of nitriles is 1. The number of likely N-dealkylation sites (tertiary alicyclic amines) is 1. The number of fused-ring (bicyclic) bond motifs is 1. The van der Waals surface area contributed by atoms with Gasteiger partial charge in [-0.05, 0) is 63.2 Å². The number of aryl methyl sites for hydroxylation is 1. The van der Waals surface area contributed by atoms with E-state index in [0.29, 0.717) is 35.2 Å². The first-order valence-corrected chi connectivity index (χ1v) is 12.3. The summed E-state index contributed by atoms with van der Waals surface area (Å²) < 4.78 is 43.0. The van der Waals surface area contributed by atoms with Gasteiger partial charge in [-0.25, -0.2) is 14.4 Å². The fourth-order valence-corrected chi connectivity index (χ4v) is 4.78. The highest BCUT2D eigenvalue weighted by molar-refractivity contribution is 5.82. The van der Waals surface area contributed by atoms with Gasteiger partial charge < -0.3 is 14.0 Å². The van der Waals surface area contributed by atoms with Crippen LogP contribution in [0.4, 0.5) is 4.39 Å². The number of benzene rings is 2. The fraction of sp³-hybridized carbons (Fsp3) is 0.345. The number of pyridine rings is 1. The number of hydrogen-bond donors (Lipinski definition) is 0. The lowest BCUT2D eigenvalue weighted by atomic mass is 9.93. The lowest BCUT2D eigenvalue weighted by Crippen LogP contribution is -2.33. The number of hydrogen-bond acceptors (Lipinski definition) is 6. The second-order valence-electron chi connectivity index (χ2n) is 9.17. The standard InChI is InChI=1S/C29H30FN5O2/c1-3-36-26-8-5-7-25-29(26)33-27(34(25)2)18-35-14-12-21(13-15-35)24-6-4-9-28(32-24)37-19-22-11-10-20(17-31)16-23(22)30/h4-11,16,21H,3,12-15,18-19H2,1-2H3/i3D2. The summed E-state index contributed by atoms with van der Waals surface area (Å²) in [7, 11) is 1.97. The summed E-state index contributed by atoms with van der Waals surface area (Å²) in [4.78, 5) is 11.9. The molecule has 0 radical (unpaired) electrons. The average Bonchev–Trinajstić information content (AvgIpc) is 3.23. The Labute approximate surface area is 218 Å². The van der Waals surface area contributed by atoms with Crippen molar-refractivity contribution in [3.63, 3.8) is 0 Å². The number of aromatic nitrogens is 3. The number of rotatable bonds is 8. The van der Waals surface area contributed by atoms with Crippen molar-refractivity contribution < 1.29 is 16.6 Å². The van der Waals surface area contributed by atoms with Crippen LogP contribution in [0.15, 0.2) is 54.6 Å². The third-order valence-corrected chi connectivity index (χ3v) is 6.85. The van der Waals surface area contributed by atoms with Crippen molar-refractivity contribution in [2.75, 3.05) is 19.6 Å². The van der Waals surface area contributed by atoms with E-state index in [1.54, 1.807) is 24.3 Å². The molecule has 0 atom stereocenters. The third-order valence-electron chi connectivity index (χ3n) is 6.85. The number of para-hydroxylation sites is 1. The molecule has 0 bridgehead atoms. The van der Waals surface area contributed by atoms with E-state index in [1.807, 2.05) is 41.9 Å². The van der Waals surface area contributed by atoms with Gasteiger partial charge in [-0.15, -0.1) is 0 Å². The molecule has 1 saturated heterocycles. The van der Waals surface area contributed by atoms with Gasteiger partial charge in [-0.2, -0.15) is 5.26 Å². The van der Waals surface area contributed by atoms with Gasteiger partial charge in [0.2, 0.25) is 5.88 Å². The molecule has 5 rings (SSSR count). The summed E-state index contributed by atoms with van der Waals surface area (Å²) in [6, 6.07) is 17.5. The van der Waals surface area contributed by atoms with Gasteiger partial charge in [0.05, 0.1) is 33.0 Å². The molecule has 37 heavy (non-hydrogen) atoms. The Kier molecular flexibility index (Phi) is 6.60. The number of ether oxygens (including phenoxy) is 2. The van der Waals surface area contributed by atoms with Crippen LogP contribution in [0.5, 0.6) is 11.6 Å².